The Morgan fingerprint density at radius 1 is 1.12 bits per heavy atom. The molecule has 1 aliphatic heterocycles. The predicted molar refractivity (Wildman–Crippen MR) is 130 cm³/mol. The number of sulfonamides is 1. The van der Waals surface area contributed by atoms with E-state index in [2.05, 4.69) is 22.0 Å². The summed E-state index contributed by atoms with van der Waals surface area (Å²) in [4.78, 5) is 22.1. The molecule has 2 N–H and O–H groups in total. The minimum Gasteiger partial charge on any atom is -0.339 e. The zero-order chi connectivity index (χ0) is 23.6. The van der Waals surface area contributed by atoms with E-state index in [0.717, 1.165) is 25.2 Å². The third-order valence-electron chi connectivity index (χ3n) is 5.89. The number of carbonyl (C=O) groups is 1. The fourth-order valence-corrected chi connectivity index (χ4v) is 5.70. The maximum Gasteiger partial charge on any atom is 0.238 e. The highest BCUT2D eigenvalue weighted by atomic mass is 32.2. The number of aromatic nitrogens is 2. The van der Waals surface area contributed by atoms with Crippen LogP contribution in [0.1, 0.15) is 19.4 Å². The molecule has 1 aromatic heterocycles. The zero-order valence-corrected chi connectivity index (χ0v) is 20.5. The van der Waals surface area contributed by atoms with Gasteiger partial charge >= 0.3 is 0 Å². The van der Waals surface area contributed by atoms with Gasteiger partial charge in [0, 0.05) is 39.3 Å². The summed E-state index contributed by atoms with van der Waals surface area (Å²) in [6.45, 7) is 8.57. The van der Waals surface area contributed by atoms with Crippen molar-refractivity contribution >= 4 is 38.7 Å². The highest BCUT2D eigenvalue weighted by molar-refractivity contribution is 8.00. The topological polar surface area (TPSA) is 102 Å². The van der Waals surface area contributed by atoms with Crippen LogP contribution >= 0.6 is 11.8 Å². The summed E-state index contributed by atoms with van der Waals surface area (Å²) in [7, 11) is -3.80. The Labute approximate surface area is 198 Å². The van der Waals surface area contributed by atoms with E-state index in [1.54, 1.807) is 6.07 Å². The molecule has 0 bridgehead atoms. The van der Waals surface area contributed by atoms with Gasteiger partial charge in [0.05, 0.1) is 21.2 Å². The maximum absolute atomic E-state index is 13.1. The highest BCUT2D eigenvalue weighted by Crippen LogP contribution is 2.29. The molecule has 2 heterocycles. The smallest absolute Gasteiger partial charge is 0.238 e. The van der Waals surface area contributed by atoms with Crippen LogP contribution in [0.2, 0.25) is 0 Å². The van der Waals surface area contributed by atoms with Gasteiger partial charge in [-0.05, 0) is 37.6 Å². The lowest BCUT2D eigenvalue weighted by Crippen LogP contribution is -2.50. The van der Waals surface area contributed by atoms with Crippen molar-refractivity contribution in [2.75, 3.05) is 26.2 Å². The second kappa shape index (κ2) is 9.84. The van der Waals surface area contributed by atoms with Crippen LogP contribution < -0.4 is 5.14 Å². The molecule has 1 atom stereocenters. The first-order chi connectivity index (χ1) is 15.8. The molecular weight excluding hydrogens is 458 g/mol. The van der Waals surface area contributed by atoms with Crippen molar-refractivity contribution in [3.05, 3.63) is 54.1 Å². The number of thioether (sulfide) groups is 1. The SMILES string of the molecule is CCn1c(S[C@H](C)C(=O)N2CCN(Cc3ccccc3)CC2)nc2cc(S(N)(=O)=O)ccc21. The van der Waals surface area contributed by atoms with E-state index in [-0.39, 0.29) is 16.1 Å². The van der Waals surface area contributed by atoms with E-state index in [1.165, 1.54) is 29.5 Å². The number of aryl methyl sites for hydroxylation is 1. The van der Waals surface area contributed by atoms with E-state index in [1.807, 2.05) is 41.5 Å². The predicted octanol–water partition coefficient (Wildman–Crippen LogP) is 2.53. The van der Waals surface area contributed by atoms with Gasteiger partial charge < -0.3 is 9.47 Å². The molecule has 0 aliphatic carbocycles. The standard InChI is InChI=1S/C23H29N5O3S2/c1-3-28-21-10-9-19(33(24,30)31)15-20(21)25-23(28)32-17(2)22(29)27-13-11-26(12-14-27)16-18-7-5-4-6-8-18/h4-10,15,17H,3,11-14,16H2,1-2H3,(H2,24,30,31)/t17-/m1/s1. The summed E-state index contributed by atoms with van der Waals surface area (Å²) in [5.74, 6) is 0.0966. The van der Waals surface area contributed by atoms with Crippen LogP contribution in [0.25, 0.3) is 11.0 Å². The number of nitrogens with two attached hydrogens (primary N) is 1. The Balaban J connectivity index is 1.41. The van der Waals surface area contributed by atoms with Gasteiger partial charge in [0.1, 0.15) is 0 Å². The molecule has 2 aromatic carbocycles. The Kier molecular flexibility index (Phi) is 7.08. The molecule has 33 heavy (non-hydrogen) atoms. The van der Waals surface area contributed by atoms with E-state index in [4.69, 9.17) is 5.14 Å². The molecule has 0 unspecified atom stereocenters. The minimum atomic E-state index is -3.80. The summed E-state index contributed by atoms with van der Waals surface area (Å²) in [5.41, 5.74) is 2.66. The molecule has 4 rings (SSSR count). The molecule has 176 valence electrons. The minimum absolute atomic E-state index is 0.0322. The number of fused-ring (bicyclic) bond motifs is 1. The molecule has 0 spiro atoms. The van der Waals surface area contributed by atoms with Gasteiger partial charge in [0.25, 0.3) is 0 Å². The summed E-state index contributed by atoms with van der Waals surface area (Å²) < 4.78 is 25.4. The van der Waals surface area contributed by atoms with Gasteiger partial charge in [0.15, 0.2) is 5.16 Å². The Bertz CT molecular complexity index is 1240. The van der Waals surface area contributed by atoms with Gasteiger partial charge in [-0.1, -0.05) is 42.1 Å². The second-order valence-corrected chi connectivity index (χ2v) is 11.1. The number of amides is 1. The van der Waals surface area contributed by atoms with Gasteiger partial charge in [0.2, 0.25) is 15.9 Å². The summed E-state index contributed by atoms with van der Waals surface area (Å²) in [6, 6.07) is 15.1. The van der Waals surface area contributed by atoms with Crippen LogP contribution in [0.15, 0.2) is 58.6 Å². The molecule has 10 heteroatoms. The lowest BCUT2D eigenvalue weighted by atomic mass is 10.2. The molecule has 1 saturated heterocycles. The van der Waals surface area contributed by atoms with Crippen molar-refractivity contribution < 1.29 is 13.2 Å². The van der Waals surface area contributed by atoms with Crippen LogP contribution in [0, 0.1) is 0 Å². The third-order valence-corrected chi connectivity index (χ3v) is 7.88. The van der Waals surface area contributed by atoms with Crippen molar-refractivity contribution in [1.82, 2.24) is 19.4 Å². The zero-order valence-electron chi connectivity index (χ0n) is 18.8. The largest absolute Gasteiger partial charge is 0.339 e. The number of hydrogen-bond donors (Lipinski definition) is 1. The molecule has 8 nitrogen and oxygen atoms in total. The van der Waals surface area contributed by atoms with Crippen molar-refractivity contribution in [2.45, 2.75) is 42.2 Å². The maximum atomic E-state index is 13.1. The number of rotatable bonds is 7. The van der Waals surface area contributed by atoms with Crippen molar-refractivity contribution in [2.24, 2.45) is 5.14 Å². The fourth-order valence-electron chi connectivity index (χ4n) is 4.09. The van der Waals surface area contributed by atoms with Crippen LogP contribution in [0.4, 0.5) is 0 Å². The molecule has 1 fully saturated rings. The summed E-state index contributed by atoms with van der Waals surface area (Å²) in [6.07, 6.45) is 0. The number of nitrogens with zero attached hydrogens (tertiary/aromatic N) is 4. The van der Waals surface area contributed by atoms with E-state index < -0.39 is 10.0 Å². The molecule has 1 aliphatic rings. The van der Waals surface area contributed by atoms with Gasteiger partial charge in [-0.2, -0.15) is 0 Å². The second-order valence-electron chi connectivity index (χ2n) is 8.18. The van der Waals surface area contributed by atoms with E-state index in [9.17, 15) is 13.2 Å². The number of primary sulfonamides is 1. The highest BCUT2D eigenvalue weighted by Gasteiger charge is 2.27. The van der Waals surface area contributed by atoms with Crippen LogP contribution in [-0.4, -0.2) is 65.1 Å². The number of benzene rings is 2. The fraction of sp³-hybridized carbons (Fsp3) is 0.391. The normalized spacial score (nSPS) is 16.3. The first kappa shape index (κ1) is 23.7. The lowest BCUT2D eigenvalue weighted by Gasteiger charge is -2.35. The average molecular weight is 488 g/mol. The first-order valence-electron chi connectivity index (χ1n) is 11.0. The number of hydrogen-bond acceptors (Lipinski definition) is 6. The van der Waals surface area contributed by atoms with Crippen molar-refractivity contribution in [3.8, 4) is 0 Å². The summed E-state index contributed by atoms with van der Waals surface area (Å²) >= 11 is 1.41. The Morgan fingerprint density at radius 3 is 2.45 bits per heavy atom. The number of carbonyl (C=O) groups excluding carboxylic acids is 1. The number of piperazine rings is 1. The van der Waals surface area contributed by atoms with Crippen LogP contribution in [-0.2, 0) is 27.9 Å². The van der Waals surface area contributed by atoms with Gasteiger partial charge in [-0.3, -0.25) is 9.69 Å². The average Bonchev–Trinajstić information content (AvgIpc) is 3.15. The molecular formula is C23H29N5O3S2. The lowest BCUT2D eigenvalue weighted by molar-refractivity contribution is -0.132. The molecule has 0 radical (unpaired) electrons. The van der Waals surface area contributed by atoms with Gasteiger partial charge in [-0.25, -0.2) is 18.5 Å². The van der Waals surface area contributed by atoms with E-state index >= 15 is 0 Å². The molecule has 0 saturated carbocycles. The van der Waals surface area contributed by atoms with Crippen molar-refractivity contribution in [1.29, 1.82) is 0 Å². The van der Waals surface area contributed by atoms with Gasteiger partial charge in [-0.15, -0.1) is 0 Å². The molecule has 1 amide bonds. The Morgan fingerprint density at radius 2 is 1.82 bits per heavy atom. The monoisotopic (exact) mass is 487 g/mol. The Hall–Kier alpha value is -2.40. The summed E-state index contributed by atoms with van der Waals surface area (Å²) in [5, 5.41) is 5.66. The van der Waals surface area contributed by atoms with E-state index in [0.29, 0.717) is 30.3 Å². The first-order valence-corrected chi connectivity index (χ1v) is 13.4. The number of imidazole rings is 1. The molecule has 3 aromatic rings. The third kappa shape index (κ3) is 5.40. The van der Waals surface area contributed by atoms with Crippen LogP contribution in [0.3, 0.4) is 0 Å². The van der Waals surface area contributed by atoms with Crippen LogP contribution in [0.5, 0.6) is 0 Å². The quantitative estimate of drug-likeness (QED) is 0.514. The van der Waals surface area contributed by atoms with Crippen molar-refractivity contribution in [3.63, 3.8) is 0 Å².